The summed E-state index contributed by atoms with van der Waals surface area (Å²) in [5.41, 5.74) is 1.73. The minimum Gasteiger partial charge on any atom is -0.352 e. The van der Waals surface area contributed by atoms with Crippen molar-refractivity contribution in [3.8, 4) is 0 Å². The second kappa shape index (κ2) is 9.84. The molecule has 2 N–H and O–H groups in total. The van der Waals surface area contributed by atoms with Crippen LogP contribution < -0.4 is 15.5 Å². The summed E-state index contributed by atoms with van der Waals surface area (Å²) < 4.78 is 12.3. The lowest BCUT2D eigenvalue weighted by atomic mass is 10.1. The Morgan fingerprint density at radius 1 is 1.25 bits per heavy atom. The molecular weight excluding hydrogens is 403 g/mol. The van der Waals surface area contributed by atoms with Crippen LogP contribution in [0.15, 0.2) is 23.6 Å². The van der Waals surface area contributed by atoms with Crippen molar-refractivity contribution in [2.24, 2.45) is 0 Å². The van der Waals surface area contributed by atoms with E-state index in [0.29, 0.717) is 16.9 Å². The van der Waals surface area contributed by atoms with E-state index in [4.69, 9.17) is 11.6 Å². The average molecular weight is 425 g/mol. The molecule has 9 heteroatoms. The minimum absolute atomic E-state index is 0.221. The summed E-state index contributed by atoms with van der Waals surface area (Å²) in [7, 11) is 0. The molecule has 28 heavy (non-hydrogen) atoms. The van der Waals surface area contributed by atoms with Crippen LogP contribution in [0.5, 0.6) is 0 Å². The molecule has 0 spiro atoms. The predicted octanol–water partition coefficient (Wildman–Crippen LogP) is 3.82. The number of carbonyl (C=O) groups excluding carboxylic acids is 2. The number of carbonyl (C=O) groups is 2. The maximum Gasteiger partial charge on any atom is 0.275 e. The van der Waals surface area contributed by atoms with Gasteiger partial charge in [0.2, 0.25) is 0 Å². The molecule has 1 aliphatic rings. The number of aromatic nitrogens is 1. The summed E-state index contributed by atoms with van der Waals surface area (Å²) in [6.07, 6.45) is 2.50. The van der Waals surface area contributed by atoms with Crippen molar-refractivity contribution in [1.82, 2.24) is 10.3 Å². The number of hydrogen-bond donors (Lipinski definition) is 2. The van der Waals surface area contributed by atoms with Crippen LogP contribution in [0, 0.1) is 0 Å². The molecule has 1 fully saturated rings. The first kappa shape index (κ1) is 20.5. The third-order valence-electron chi connectivity index (χ3n) is 4.43. The van der Waals surface area contributed by atoms with Gasteiger partial charge in [-0.1, -0.05) is 6.07 Å². The molecule has 0 atom stereocenters. The van der Waals surface area contributed by atoms with Gasteiger partial charge < -0.3 is 15.5 Å². The molecule has 2 heterocycles. The van der Waals surface area contributed by atoms with Gasteiger partial charge in [-0.2, -0.15) is 0 Å². The van der Waals surface area contributed by atoms with Crippen molar-refractivity contribution in [2.45, 2.75) is 25.1 Å². The van der Waals surface area contributed by atoms with E-state index in [2.05, 4.69) is 20.5 Å². The second-order valence-corrected chi connectivity index (χ2v) is 7.58. The van der Waals surface area contributed by atoms with Crippen LogP contribution >= 0.6 is 22.9 Å². The Morgan fingerprint density at radius 2 is 2.04 bits per heavy atom. The first-order valence-corrected chi connectivity index (χ1v) is 10.6. The molecule has 150 valence electrons. The van der Waals surface area contributed by atoms with Crippen LogP contribution in [0.2, 0.25) is 0 Å². The molecule has 0 aliphatic carbocycles. The Kier molecular flexibility index (Phi) is 7.22. The molecule has 0 bridgehead atoms. The van der Waals surface area contributed by atoms with Gasteiger partial charge in [0.15, 0.2) is 5.13 Å². The van der Waals surface area contributed by atoms with E-state index in [9.17, 15) is 14.0 Å². The van der Waals surface area contributed by atoms with Gasteiger partial charge in [0, 0.05) is 30.9 Å². The zero-order chi connectivity index (χ0) is 19.9. The van der Waals surface area contributed by atoms with E-state index in [1.165, 1.54) is 11.3 Å². The molecular formula is C19H22ClFN4O2S. The standard InChI is InChI=1S/C19H22ClFN4O2S/c20-11-13-4-5-15(14(10-13)17(26)22-7-3-6-21)23-18(27)16-12-28-19(24-16)25-8-1-2-9-25/h4-5,10,12H,1-3,6-9,11H2,(H,22,26)(H,23,27). The molecule has 0 radical (unpaired) electrons. The zero-order valence-corrected chi connectivity index (χ0v) is 16.9. The quantitative estimate of drug-likeness (QED) is 0.499. The molecule has 2 amide bonds. The Morgan fingerprint density at radius 3 is 2.75 bits per heavy atom. The summed E-state index contributed by atoms with van der Waals surface area (Å²) in [4.78, 5) is 31.7. The average Bonchev–Trinajstić information content (AvgIpc) is 3.40. The third kappa shape index (κ3) is 4.99. The summed E-state index contributed by atoms with van der Waals surface area (Å²) >= 11 is 7.30. The monoisotopic (exact) mass is 424 g/mol. The van der Waals surface area contributed by atoms with Crippen LogP contribution in [0.3, 0.4) is 0 Å². The molecule has 2 aromatic rings. The maximum atomic E-state index is 12.6. The van der Waals surface area contributed by atoms with E-state index in [-0.39, 0.29) is 30.7 Å². The number of halogens is 2. The zero-order valence-electron chi connectivity index (χ0n) is 15.3. The van der Waals surface area contributed by atoms with Crippen molar-refractivity contribution >= 4 is 45.6 Å². The highest BCUT2D eigenvalue weighted by Crippen LogP contribution is 2.25. The molecule has 1 aliphatic heterocycles. The normalized spacial score (nSPS) is 13.6. The summed E-state index contributed by atoms with van der Waals surface area (Å²) in [5.74, 6) is -0.519. The predicted molar refractivity (Wildman–Crippen MR) is 110 cm³/mol. The van der Waals surface area contributed by atoms with Crippen molar-refractivity contribution in [3.05, 3.63) is 40.4 Å². The van der Waals surface area contributed by atoms with Crippen LogP contribution in [0.25, 0.3) is 0 Å². The minimum atomic E-state index is -0.505. The first-order valence-electron chi connectivity index (χ1n) is 9.17. The maximum absolute atomic E-state index is 12.6. The first-order chi connectivity index (χ1) is 13.6. The fraction of sp³-hybridized carbons (Fsp3) is 0.421. The number of nitrogens with one attached hydrogen (secondary N) is 2. The molecule has 1 aromatic heterocycles. The Hall–Kier alpha value is -2.19. The van der Waals surface area contributed by atoms with Crippen molar-refractivity contribution in [2.75, 3.05) is 36.5 Å². The summed E-state index contributed by atoms with van der Waals surface area (Å²) in [5, 5.41) is 7.97. The lowest BCUT2D eigenvalue weighted by molar-refractivity contribution is 0.0953. The number of hydrogen-bond acceptors (Lipinski definition) is 5. The van der Waals surface area contributed by atoms with E-state index in [0.717, 1.165) is 36.6 Å². The Balaban J connectivity index is 1.75. The van der Waals surface area contributed by atoms with E-state index in [1.54, 1.807) is 23.6 Å². The number of rotatable bonds is 8. The van der Waals surface area contributed by atoms with E-state index < -0.39 is 6.67 Å². The van der Waals surface area contributed by atoms with E-state index >= 15 is 0 Å². The molecule has 0 saturated carbocycles. The third-order valence-corrected chi connectivity index (χ3v) is 5.64. The highest BCUT2D eigenvalue weighted by atomic mass is 35.5. The Labute approximate surface area is 172 Å². The van der Waals surface area contributed by atoms with Gasteiger partial charge in [-0.05, 0) is 37.0 Å². The topological polar surface area (TPSA) is 74.3 Å². The van der Waals surface area contributed by atoms with Crippen LogP contribution in [0.4, 0.5) is 15.2 Å². The fourth-order valence-corrected chi connectivity index (χ4v) is 3.97. The van der Waals surface area contributed by atoms with Gasteiger partial charge in [0.1, 0.15) is 5.69 Å². The Bertz CT molecular complexity index is 839. The lowest BCUT2D eigenvalue weighted by Crippen LogP contribution is -2.26. The largest absolute Gasteiger partial charge is 0.352 e. The smallest absolute Gasteiger partial charge is 0.275 e. The number of alkyl halides is 2. The SMILES string of the molecule is O=C(Nc1ccc(CCl)cc1C(=O)NCCCF)c1csc(N2CCCC2)n1. The van der Waals surface area contributed by atoms with Gasteiger partial charge in [0.05, 0.1) is 17.9 Å². The molecule has 1 saturated heterocycles. The fourth-order valence-electron chi connectivity index (χ4n) is 2.94. The van der Waals surface area contributed by atoms with Crippen molar-refractivity contribution < 1.29 is 14.0 Å². The van der Waals surface area contributed by atoms with Gasteiger partial charge in [-0.15, -0.1) is 22.9 Å². The van der Waals surface area contributed by atoms with Crippen LogP contribution in [-0.4, -0.2) is 43.1 Å². The number of anilines is 2. The van der Waals surface area contributed by atoms with Gasteiger partial charge in [-0.25, -0.2) is 4.98 Å². The molecule has 6 nitrogen and oxygen atoms in total. The number of thiazole rings is 1. The second-order valence-electron chi connectivity index (χ2n) is 6.48. The van der Waals surface area contributed by atoms with E-state index in [1.807, 2.05) is 0 Å². The molecule has 0 unspecified atom stereocenters. The summed E-state index contributed by atoms with van der Waals surface area (Å²) in [6.45, 7) is 1.63. The number of nitrogens with zero attached hydrogens (tertiary/aromatic N) is 2. The van der Waals surface area contributed by atoms with Gasteiger partial charge in [-0.3, -0.25) is 14.0 Å². The molecule has 1 aromatic carbocycles. The van der Waals surface area contributed by atoms with Gasteiger partial charge >= 0.3 is 0 Å². The van der Waals surface area contributed by atoms with Crippen molar-refractivity contribution in [3.63, 3.8) is 0 Å². The number of amides is 2. The lowest BCUT2D eigenvalue weighted by Gasteiger charge is -2.13. The highest BCUT2D eigenvalue weighted by molar-refractivity contribution is 7.14. The highest BCUT2D eigenvalue weighted by Gasteiger charge is 2.20. The number of benzene rings is 1. The van der Waals surface area contributed by atoms with Gasteiger partial charge in [0.25, 0.3) is 11.8 Å². The van der Waals surface area contributed by atoms with Crippen LogP contribution in [-0.2, 0) is 5.88 Å². The summed E-state index contributed by atoms with van der Waals surface area (Å²) in [6, 6.07) is 5.02. The van der Waals surface area contributed by atoms with Crippen LogP contribution in [0.1, 0.15) is 45.7 Å². The van der Waals surface area contributed by atoms with Crippen molar-refractivity contribution in [1.29, 1.82) is 0 Å². The molecule has 3 rings (SSSR count).